The van der Waals surface area contributed by atoms with E-state index in [4.69, 9.17) is 4.74 Å². The molecular formula is C18H22N6O. The molecule has 0 amide bonds. The van der Waals surface area contributed by atoms with Gasteiger partial charge < -0.3 is 4.74 Å². The summed E-state index contributed by atoms with van der Waals surface area (Å²) in [5.41, 5.74) is 2.11. The average molecular weight is 338 g/mol. The molecule has 1 saturated heterocycles. The maximum absolute atomic E-state index is 5.43. The second-order valence-corrected chi connectivity index (χ2v) is 6.37. The molecule has 0 radical (unpaired) electrons. The van der Waals surface area contributed by atoms with Crippen LogP contribution < -0.4 is 4.74 Å². The van der Waals surface area contributed by atoms with Crippen molar-refractivity contribution >= 4 is 0 Å². The Morgan fingerprint density at radius 1 is 1.32 bits per heavy atom. The molecule has 3 aromatic rings. The molecule has 0 aliphatic carbocycles. The molecule has 0 bridgehead atoms. The Morgan fingerprint density at radius 2 is 2.20 bits per heavy atom. The van der Waals surface area contributed by atoms with Crippen LogP contribution in [0.1, 0.15) is 36.1 Å². The van der Waals surface area contributed by atoms with Crippen molar-refractivity contribution in [1.29, 1.82) is 0 Å². The maximum atomic E-state index is 5.43. The van der Waals surface area contributed by atoms with Crippen LogP contribution in [0.2, 0.25) is 0 Å². The van der Waals surface area contributed by atoms with E-state index in [0.717, 1.165) is 42.6 Å². The second-order valence-electron chi connectivity index (χ2n) is 6.37. The van der Waals surface area contributed by atoms with E-state index in [1.54, 1.807) is 7.11 Å². The molecule has 1 atom stereocenters. The van der Waals surface area contributed by atoms with Crippen molar-refractivity contribution in [2.24, 2.45) is 0 Å². The summed E-state index contributed by atoms with van der Waals surface area (Å²) in [7, 11) is 1.68. The predicted octanol–water partition coefficient (Wildman–Crippen LogP) is 2.64. The van der Waals surface area contributed by atoms with Crippen molar-refractivity contribution in [1.82, 2.24) is 29.9 Å². The Labute approximate surface area is 146 Å². The molecule has 25 heavy (non-hydrogen) atoms. The molecule has 0 spiro atoms. The number of aryl methyl sites for hydroxylation is 1. The van der Waals surface area contributed by atoms with Gasteiger partial charge in [0.25, 0.3) is 0 Å². The second kappa shape index (κ2) is 6.68. The summed E-state index contributed by atoms with van der Waals surface area (Å²) in [6.45, 7) is 3.83. The first-order valence-electron chi connectivity index (χ1n) is 8.54. The Hall–Kier alpha value is -2.67. The Kier molecular flexibility index (Phi) is 4.23. The number of nitrogens with one attached hydrogen (secondary N) is 1. The molecule has 2 aromatic heterocycles. The third kappa shape index (κ3) is 3.15. The SMILES string of the molecule is COc1ccccc1-n1cc(CN2CCCC2c2n[nH]c(C)n2)cn1. The molecule has 4 rings (SSSR count). The van der Waals surface area contributed by atoms with E-state index in [2.05, 4.69) is 31.4 Å². The number of aromatic nitrogens is 5. The summed E-state index contributed by atoms with van der Waals surface area (Å²) < 4.78 is 7.30. The number of ether oxygens (including phenoxy) is 1. The van der Waals surface area contributed by atoms with E-state index in [1.807, 2.05) is 42.1 Å². The minimum Gasteiger partial charge on any atom is -0.494 e. The third-order valence-corrected chi connectivity index (χ3v) is 4.63. The van der Waals surface area contributed by atoms with E-state index >= 15 is 0 Å². The predicted molar refractivity (Wildman–Crippen MR) is 93.6 cm³/mol. The molecule has 130 valence electrons. The van der Waals surface area contributed by atoms with E-state index in [-0.39, 0.29) is 6.04 Å². The van der Waals surface area contributed by atoms with Crippen LogP contribution in [-0.2, 0) is 6.54 Å². The lowest BCUT2D eigenvalue weighted by atomic mass is 10.2. The van der Waals surface area contributed by atoms with Gasteiger partial charge in [-0.2, -0.15) is 10.2 Å². The molecule has 3 heterocycles. The molecule has 7 heteroatoms. The third-order valence-electron chi connectivity index (χ3n) is 4.63. The number of aromatic amines is 1. The number of methoxy groups -OCH3 is 1. The number of hydrogen-bond acceptors (Lipinski definition) is 5. The molecule has 1 aliphatic rings. The molecular weight excluding hydrogens is 316 g/mol. The fourth-order valence-corrected chi connectivity index (χ4v) is 3.44. The van der Waals surface area contributed by atoms with Crippen molar-refractivity contribution in [2.75, 3.05) is 13.7 Å². The van der Waals surface area contributed by atoms with Gasteiger partial charge in [0.1, 0.15) is 17.3 Å². The number of nitrogens with zero attached hydrogens (tertiary/aromatic N) is 5. The highest BCUT2D eigenvalue weighted by molar-refractivity contribution is 5.46. The highest BCUT2D eigenvalue weighted by Crippen LogP contribution is 2.31. The largest absolute Gasteiger partial charge is 0.494 e. The van der Waals surface area contributed by atoms with Crippen molar-refractivity contribution in [3.8, 4) is 11.4 Å². The number of para-hydroxylation sites is 2. The van der Waals surface area contributed by atoms with Gasteiger partial charge in [0.15, 0.2) is 5.82 Å². The van der Waals surface area contributed by atoms with E-state index in [0.29, 0.717) is 0 Å². The molecule has 1 aliphatic heterocycles. The van der Waals surface area contributed by atoms with Crippen LogP contribution in [0.25, 0.3) is 5.69 Å². The van der Waals surface area contributed by atoms with Crippen LogP contribution in [0.5, 0.6) is 5.75 Å². The smallest absolute Gasteiger partial charge is 0.167 e. The summed E-state index contributed by atoms with van der Waals surface area (Å²) in [6.07, 6.45) is 6.25. The zero-order chi connectivity index (χ0) is 17.2. The normalized spacial score (nSPS) is 17.9. The van der Waals surface area contributed by atoms with Crippen LogP contribution in [-0.4, -0.2) is 43.5 Å². The lowest BCUT2D eigenvalue weighted by Gasteiger charge is -2.21. The molecule has 1 N–H and O–H groups in total. The average Bonchev–Trinajstić information content (AvgIpc) is 3.36. The minimum absolute atomic E-state index is 0.277. The summed E-state index contributed by atoms with van der Waals surface area (Å²) >= 11 is 0. The topological polar surface area (TPSA) is 71.9 Å². The summed E-state index contributed by atoms with van der Waals surface area (Å²) in [5, 5.41) is 11.8. The molecule has 0 saturated carbocycles. The fourth-order valence-electron chi connectivity index (χ4n) is 3.44. The number of benzene rings is 1. The summed E-state index contributed by atoms with van der Waals surface area (Å²) in [6, 6.07) is 8.17. The highest BCUT2D eigenvalue weighted by atomic mass is 16.5. The van der Waals surface area contributed by atoms with Crippen LogP contribution in [0.15, 0.2) is 36.7 Å². The molecule has 1 unspecified atom stereocenters. The summed E-state index contributed by atoms with van der Waals surface area (Å²) in [4.78, 5) is 6.94. The van der Waals surface area contributed by atoms with Crippen LogP contribution in [0.4, 0.5) is 0 Å². The van der Waals surface area contributed by atoms with E-state index < -0.39 is 0 Å². The zero-order valence-corrected chi connectivity index (χ0v) is 14.5. The first kappa shape index (κ1) is 15.8. The van der Waals surface area contributed by atoms with E-state index in [1.165, 1.54) is 12.0 Å². The standard InChI is InChI=1S/C18H22N6O/c1-13-20-18(22-21-13)16-7-5-9-23(16)11-14-10-19-24(12-14)15-6-3-4-8-17(15)25-2/h3-4,6,8,10,12,16H,5,7,9,11H2,1-2H3,(H,20,21,22). The lowest BCUT2D eigenvalue weighted by molar-refractivity contribution is 0.240. The monoisotopic (exact) mass is 338 g/mol. The van der Waals surface area contributed by atoms with Crippen LogP contribution in [0.3, 0.4) is 0 Å². The van der Waals surface area contributed by atoms with Crippen LogP contribution >= 0.6 is 0 Å². The molecule has 1 fully saturated rings. The maximum Gasteiger partial charge on any atom is 0.167 e. The number of H-pyrrole nitrogens is 1. The van der Waals surface area contributed by atoms with Crippen molar-refractivity contribution in [3.63, 3.8) is 0 Å². The molecule has 1 aromatic carbocycles. The first-order valence-corrected chi connectivity index (χ1v) is 8.54. The fraction of sp³-hybridized carbons (Fsp3) is 0.389. The van der Waals surface area contributed by atoms with Gasteiger partial charge in [-0.3, -0.25) is 10.00 Å². The Bertz CT molecular complexity index is 855. The zero-order valence-electron chi connectivity index (χ0n) is 14.5. The van der Waals surface area contributed by atoms with Gasteiger partial charge in [-0.25, -0.2) is 9.67 Å². The van der Waals surface area contributed by atoms with Gasteiger partial charge >= 0.3 is 0 Å². The molecule has 7 nitrogen and oxygen atoms in total. The van der Waals surface area contributed by atoms with Gasteiger partial charge in [-0.15, -0.1) is 0 Å². The number of rotatable bonds is 5. The summed E-state index contributed by atoms with van der Waals surface area (Å²) in [5.74, 6) is 2.57. The number of hydrogen-bond donors (Lipinski definition) is 1. The van der Waals surface area contributed by atoms with Crippen molar-refractivity contribution in [3.05, 3.63) is 53.9 Å². The highest BCUT2D eigenvalue weighted by Gasteiger charge is 2.29. The Morgan fingerprint density at radius 3 is 3.00 bits per heavy atom. The van der Waals surface area contributed by atoms with Gasteiger partial charge in [0, 0.05) is 18.3 Å². The van der Waals surface area contributed by atoms with Crippen LogP contribution in [0, 0.1) is 6.92 Å². The van der Waals surface area contributed by atoms with Gasteiger partial charge in [-0.05, 0) is 38.4 Å². The quantitative estimate of drug-likeness (QED) is 0.774. The van der Waals surface area contributed by atoms with Crippen molar-refractivity contribution < 1.29 is 4.74 Å². The van der Waals surface area contributed by atoms with Crippen molar-refractivity contribution in [2.45, 2.75) is 32.4 Å². The van der Waals surface area contributed by atoms with Gasteiger partial charge in [0.05, 0.1) is 19.3 Å². The minimum atomic E-state index is 0.277. The van der Waals surface area contributed by atoms with Gasteiger partial charge in [-0.1, -0.05) is 12.1 Å². The number of likely N-dealkylation sites (tertiary alicyclic amines) is 1. The van der Waals surface area contributed by atoms with Gasteiger partial charge in [0.2, 0.25) is 0 Å². The first-order chi connectivity index (χ1) is 12.2. The lowest BCUT2D eigenvalue weighted by Crippen LogP contribution is -2.23. The Balaban J connectivity index is 1.53. The van der Waals surface area contributed by atoms with E-state index in [9.17, 15) is 0 Å².